The number of anilines is 1. The van der Waals surface area contributed by atoms with Gasteiger partial charge in [-0.1, -0.05) is 0 Å². The maximum Gasteiger partial charge on any atom is 0.271 e. The van der Waals surface area contributed by atoms with Crippen molar-refractivity contribution in [1.29, 1.82) is 0 Å². The molecule has 6 N–H and O–H groups in total. The molecular formula is C15H26N4O7. The number of primary amides is 1. The predicted octanol–water partition coefficient (Wildman–Crippen LogP) is -1.60. The molecule has 148 valence electrons. The summed E-state index contributed by atoms with van der Waals surface area (Å²) in [7, 11) is 0. The van der Waals surface area contributed by atoms with Gasteiger partial charge in [-0.25, -0.2) is 4.98 Å². The highest BCUT2D eigenvalue weighted by Crippen LogP contribution is 2.32. The van der Waals surface area contributed by atoms with E-state index in [1.54, 1.807) is 0 Å². The number of nitrogens with zero attached hydrogens (tertiary/aromatic N) is 2. The second-order valence-electron chi connectivity index (χ2n) is 5.66. The summed E-state index contributed by atoms with van der Waals surface area (Å²) in [6.07, 6.45) is -3.92. The van der Waals surface area contributed by atoms with Crippen molar-refractivity contribution in [1.82, 2.24) is 9.55 Å². The molecule has 0 radical (unpaired) electrons. The summed E-state index contributed by atoms with van der Waals surface area (Å²) >= 11 is 0. The standard InChI is InChI=1S/C15H26N4O7/c1-3-24-9(25-4-2)5-17-14-10(13(16)23)18-7-19(14)15-12(22)11(21)8(6-20)26-15/h7-9,11-12,15,17,20-22H,3-6H2,1-2H3,(H2,16,23)/t8-,11-,12-,15-/m1/s1. The minimum Gasteiger partial charge on any atom is -0.394 e. The molecule has 1 aromatic heterocycles. The summed E-state index contributed by atoms with van der Waals surface area (Å²) in [5.41, 5.74) is 5.30. The molecule has 26 heavy (non-hydrogen) atoms. The summed E-state index contributed by atoms with van der Waals surface area (Å²) in [6.45, 7) is 4.23. The molecule has 0 bridgehead atoms. The number of carbonyl (C=O) groups excluding carboxylic acids is 1. The maximum atomic E-state index is 11.7. The summed E-state index contributed by atoms with van der Waals surface area (Å²) < 4.78 is 17.7. The van der Waals surface area contributed by atoms with Gasteiger partial charge >= 0.3 is 0 Å². The molecular weight excluding hydrogens is 348 g/mol. The zero-order valence-electron chi connectivity index (χ0n) is 14.7. The van der Waals surface area contributed by atoms with Crippen LogP contribution in [0, 0.1) is 0 Å². The Kier molecular flexibility index (Phi) is 7.32. The Morgan fingerprint density at radius 1 is 1.38 bits per heavy atom. The lowest BCUT2D eigenvalue weighted by atomic mass is 10.1. The number of nitrogens with two attached hydrogens (primary N) is 1. The second kappa shape index (κ2) is 9.26. The minimum atomic E-state index is -1.32. The van der Waals surface area contributed by atoms with Crippen LogP contribution in [0.5, 0.6) is 0 Å². The number of rotatable bonds is 10. The van der Waals surface area contributed by atoms with Crippen molar-refractivity contribution in [2.45, 2.75) is 44.7 Å². The topological polar surface area (TPSA) is 161 Å². The van der Waals surface area contributed by atoms with Gasteiger partial charge in [0.2, 0.25) is 0 Å². The number of ether oxygens (including phenoxy) is 3. The fraction of sp³-hybridized carbons (Fsp3) is 0.733. The lowest BCUT2D eigenvalue weighted by Crippen LogP contribution is -2.33. The van der Waals surface area contributed by atoms with Crippen LogP contribution in [-0.2, 0) is 14.2 Å². The molecule has 0 saturated carbocycles. The number of nitrogens with one attached hydrogen (secondary N) is 1. The van der Waals surface area contributed by atoms with Gasteiger partial charge in [-0.2, -0.15) is 0 Å². The first-order valence-corrected chi connectivity index (χ1v) is 8.40. The lowest BCUT2D eigenvalue weighted by molar-refractivity contribution is -0.126. The van der Waals surface area contributed by atoms with Crippen LogP contribution in [-0.4, -0.2) is 81.7 Å². The van der Waals surface area contributed by atoms with E-state index in [2.05, 4.69) is 10.3 Å². The van der Waals surface area contributed by atoms with E-state index in [1.807, 2.05) is 13.8 Å². The van der Waals surface area contributed by atoms with Crippen molar-refractivity contribution < 1.29 is 34.3 Å². The first-order valence-electron chi connectivity index (χ1n) is 8.40. The molecule has 0 aromatic carbocycles. The van der Waals surface area contributed by atoms with Gasteiger partial charge in [0.05, 0.1) is 19.5 Å². The molecule has 1 fully saturated rings. The average Bonchev–Trinajstić information content (AvgIpc) is 3.15. The van der Waals surface area contributed by atoms with Crippen molar-refractivity contribution in [2.75, 3.05) is 31.7 Å². The Labute approximate surface area is 150 Å². The molecule has 1 aliphatic rings. The zero-order chi connectivity index (χ0) is 19.3. The molecule has 4 atom stereocenters. The predicted molar refractivity (Wildman–Crippen MR) is 89.3 cm³/mol. The summed E-state index contributed by atoms with van der Waals surface area (Å²) in [5.74, 6) is -0.584. The number of amides is 1. The molecule has 1 aromatic rings. The average molecular weight is 374 g/mol. The van der Waals surface area contributed by atoms with Crippen molar-refractivity contribution in [3.8, 4) is 0 Å². The number of imidazole rings is 1. The van der Waals surface area contributed by atoms with Gasteiger partial charge in [-0.05, 0) is 13.8 Å². The molecule has 1 aliphatic heterocycles. The number of aromatic nitrogens is 2. The van der Waals surface area contributed by atoms with Crippen LogP contribution < -0.4 is 11.1 Å². The van der Waals surface area contributed by atoms with Gasteiger partial charge in [0.25, 0.3) is 5.91 Å². The third kappa shape index (κ3) is 4.31. The molecule has 2 rings (SSSR count). The van der Waals surface area contributed by atoms with Gasteiger partial charge in [0.15, 0.2) is 18.2 Å². The summed E-state index contributed by atoms with van der Waals surface area (Å²) in [5, 5.41) is 32.3. The first-order chi connectivity index (χ1) is 12.4. The maximum absolute atomic E-state index is 11.7. The number of aliphatic hydroxyl groups excluding tert-OH is 3. The lowest BCUT2D eigenvalue weighted by Gasteiger charge is -2.22. The van der Waals surface area contributed by atoms with E-state index in [1.165, 1.54) is 10.9 Å². The van der Waals surface area contributed by atoms with Crippen molar-refractivity contribution >= 4 is 11.7 Å². The largest absolute Gasteiger partial charge is 0.394 e. The molecule has 0 spiro atoms. The molecule has 1 amide bonds. The molecule has 1 saturated heterocycles. The van der Waals surface area contributed by atoms with Crippen LogP contribution in [0.15, 0.2) is 6.33 Å². The van der Waals surface area contributed by atoms with Crippen molar-refractivity contribution in [3.63, 3.8) is 0 Å². The van der Waals surface area contributed by atoms with E-state index >= 15 is 0 Å². The molecule has 11 nitrogen and oxygen atoms in total. The quantitative estimate of drug-likeness (QED) is 0.304. The van der Waals surface area contributed by atoms with Gasteiger partial charge in [-0.3, -0.25) is 9.36 Å². The summed E-state index contributed by atoms with van der Waals surface area (Å²) in [4.78, 5) is 15.6. The highest BCUT2D eigenvalue weighted by atomic mass is 16.7. The molecule has 0 aliphatic carbocycles. The third-order valence-corrected chi connectivity index (χ3v) is 3.96. The van der Waals surface area contributed by atoms with Gasteiger partial charge in [0, 0.05) is 13.2 Å². The van der Waals surface area contributed by atoms with Crippen LogP contribution >= 0.6 is 0 Å². The van der Waals surface area contributed by atoms with Gasteiger partial charge < -0.3 is 40.6 Å². The van der Waals surface area contributed by atoms with Crippen molar-refractivity contribution in [3.05, 3.63) is 12.0 Å². The first kappa shape index (κ1) is 20.6. The highest BCUT2D eigenvalue weighted by Gasteiger charge is 2.44. The zero-order valence-corrected chi connectivity index (χ0v) is 14.7. The Bertz CT molecular complexity index is 591. The Morgan fingerprint density at radius 2 is 2.04 bits per heavy atom. The van der Waals surface area contributed by atoms with E-state index in [0.29, 0.717) is 13.2 Å². The van der Waals surface area contributed by atoms with E-state index in [4.69, 9.17) is 19.9 Å². The number of hydrogen-bond acceptors (Lipinski definition) is 9. The number of carbonyl (C=O) groups is 1. The van der Waals surface area contributed by atoms with E-state index in [-0.39, 0.29) is 18.1 Å². The summed E-state index contributed by atoms with van der Waals surface area (Å²) in [6, 6.07) is 0. The molecule has 0 unspecified atom stereocenters. The molecule has 11 heteroatoms. The highest BCUT2D eigenvalue weighted by molar-refractivity contribution is 5.95. The normalized spacial score (nSPS) is 25.8. The van der Waals surface area contributed by atoms with Gasteiger partial charge in [0.1, 0.15) is 24.1 Å². The number of aliphatic hydroxyl groups is 3. The third-order valence-electron chi connectivity index (χ3n) is 3.96. The van der Waals surface area contributed by atoms with E-state index in [0.717, 1.165) is 0 Å². The van der Waals surface area contributed by atoms with Crippen LogP contribution in [0.3, 0.4) is 0 Å². The van der Waals surface area contributed by atoms with Gasteiger partial charge in [-0.15, -0.1) is 0 Å². The van der Waals surface area contributed by atoms with Crippen LogP contribution in [0.25, 0.3) is 0 Å². The van der Waals surface area contributed by atoms with E-state index < -0.39 is 43.3 Å². The van der Waals surface area contributed by atoms with Crippen LogP contribution in [0.1, 0.15) is 30.6 Å². The Balaban J connectivity index is 2.24. The minimum absolute atomic E-state index is 0.0607. The fourth-order valence-electron chi connectivity index (χ4n) is 2.74. The smallest absolute Gasteiger partial charge is 0.271 e. The monoisotopic (exact) mass is 374 g/mol. The van der Waals surface area contributed by atoms with Crippen molar-refractivity contribution in [2.24, 2.45) is 5.73 Å². The van der Waals surface area contributed by atoms with E-state index in [9.17, 15) is 20.1 Å². The Hall–Kier alpha value is -1.76. The fourth-order valence-corrected chi connectivity index (χ4v) is 2.74. The van der Waals surface area contributed by atoms with Crippen LogP contribution in [0.2, 0.25) is 0 Å². The van der Waals surface area contributed by atoms with Crippen LogP contribution in [0.4, 0.5) is 5.82 Å². The second-order valence-corrected chi connectivity index (χ2v) is 5.66. The number of hydrogen-bond donors (Lipinski definition) is 5. The Morgan fingerprint density at radius 3 is 2.54 bits per heavy atom. The SMILES string of the molecule is CCOC(CNc1c(C(N)=O)ncn1[C@@H]1O[C@H](CO)[C@@H](O)[C@H]1O)OCC. The molecule has 2 heterocycles.